The molecule has 2 N–H and O–H groups in total. The van der Waals surface area contributed by atoms with Crippen LogP contribution in [0.15, 0.2) is 22.7 Å². The van der Waals surface area contributed by atoms with Crippen LogP contribution in [0.1, 0.15) is 23.2 Å². The largest absolute Gasteiger partial charge is 0.383 e. The first-order chi connectivity index (χ1) is 9.56. The molecule has 2 rings (SSSR count). The van der Waals surface area contributed by atoms with Gasteiger partial charge in [-0.25, -0.2) is 0 Å². The number of methoxy groups -OCH3 is 1. The number of amides is 1. The average Bonchev–Trinajstić information content (AvgIpc) is 2.88. The van der Waals surface area contributed by atoms with Crippen molar-refractivity contribution in [2.45, 2.75) is 18.4 Å². The van der Waals surface area contributed by atoms with E-state index in [0.29, 0.717) is 23.7 Å². The van der Waals surface area contributed by atoms with Gasteiger partial charge >= 0.3 is 0 Å². The molecular formula is C14H18BrClN2O2. The first-order valence-corrected chi connectivity index (χ1v) is 7.71. The van der Waals surface area contributed by atoms with Crippen molar-refractivity contribution in [3.63, 3.8) is 0 Å². The van der Waals surface area contributed by atoms with E-state index < -0.39 is 0 Å². The third-order valence-corrected chi connectivity index (χ3v) is 4.34. The molecular weight excluding hydrogens is 344 g/mol. The molecule has 0 bridgehead atoms. The van der Waals surface area contributed by atoms with Gasteiger partial charge in [-0.3, -0.25) is 4.79 Å². The molecule has 1 aromatic rings. The van der Waals surface area contributed by atoms with Crippen molar-refractivity contribution in [2.24, 2.45) is 0 Å². The SMILES string of the molecule is COCC1(CNC(=O)c2cc(Br)ccc2Cl)CCCN1. The van der Waals surface area contributed by atoms with Crippen LogP contribution in [0.4, 0.5) is 0 Å². The molecule has 6 heteroatoms. The van der Waals surface area contributed by atoms with Gasteiger partial charge < -0.3 is 15.4 Å². The van der Waals surface area contributed by atoms with Gasteiger partial charge in [-0.1, -0.05) is 27.5 Å². The summed E-state index contributed by atoms with van der Waals surface area (Å²) in [5.74, 6) is -0.166. The molecule has 110 valence electrons. The highest BCUT2D eigenvalue weighted by Gasteiger charge is 2.33. The van der Waals surface area contributed by atoms with Crippen LogP contribution in [0, 0.1) is 0 Å². The lowest BCUT2D eigenvalue weighted by atomic mass is 9.98. The molecule has 0 aromatic heterocycles. The molecule has 1 aliphatic heterocycles. The summed E-state index contributed by atoms with van der Waals surface area (Å²) in [6.07, 6.45) is 2.09. The minimum Gasteiger partial charge on any atom is -0.383 e. The predicted molar refractivity (Wildman–Crippen MR) is 83.3 cm³/mol. The molecule has 1 atom stereocenters. The summed E-state index contributed by atoms with van der Waals surface area (Å²) < 4.78 is 6.09. The lowest BCUT2D eigenvalue weighted by Gasteiger charge is -2.29. The number of carbonyl (C=O) groups excluding carboxylic acids is 1. The summed E-state index contributed by atoms with van der Waals surface area (Å²) in [5, 5.41) is 6.82. The first-order valence-electron chi connectivity index (χ1n) is 6.53. The van der Waals surface area contributed by atoms with Gasteiger partial charge in [0.25, 0.3) is 5.91 Å². The maximum absolute atomic E-state index is 12.2. The van der Waals surface area contributed by atoms with Crippen LogP contribution in [-0.4, -0.2) is 38.3 Å². The zero-order valence-corrected chi connectivity index (χ0v) is 13.7. The maximum atomic E-state index is 12.2. The van der Waals surface area contributed by atoms with Gasteiger partial charge in [0.05, 0.1) is 22.7 Å². The summed E-state index contributed by atoms with van der Waals surface area (Å²) in [5.41, 5.74) is 0.315. The Kier molecular flexibility index (Phi) is 5.43. The van der Waals surface area contributed by atoms with Crippen LogP contribution in [-0.2, 0) is 4.74 Å². The zero-order chi connectivity index (χ0) is 14.6. The zero-order valence-electron chi connectivity index (χ0n) is 11.3. The van der Waals surface area contributed by atoms with Gasteiger partial charge in [-0.2, -0.15) is 0 Å². The Morgan fingerprint density at radius 3 is 3.05 bits per heavy atom. The number of rotatable bonds is 5. The number of nitrogens with one attached hydrogen (secondary N) is 2. The molecule has 1 heterocycles. The standard InChI is InChI=1S/C14H18BrClN2O2/c1-20-9-14(5-2-6-18-14)8-17-13(19)11-7-10(15)3-4-12(11)16/h3-4,7,18H,2,5-6,8-9H2,1H3,(H,17,19). The van der Waals surface area contributed by atoms with Crippen molar-refractivity contribution in [3.8, 4) is 0 Å². The summed E-state index contributed by atoms with van der Waals surface area (Å²) in [4.78, 5) is 12.2. The molecule has 1 aromatic carbocycles. The second-order valence-electron chi connectivity index (χ2n) is 5.05. The van der Waals surface area contributed by atoms with Crippen molar-refractivity contribution in [1.82, 2.24) is 10.6 Å². The number of benzene rings is 1. The highest BCUT2D eigenvalue weighted by molar-refractivity contribution is 9.10. The second kappa shape index (κ2) is 6.89. The van der Waals surface area contributed by atoms with E-state index in [4.69, 9.17) is 16.3 Å². The third-order valence-electron chi connectivity index (χ3n) is 3.51. The molecule has 1 unspecified atom stereocenters. The van der Waals surface area contributed by atoms with Crippen LogP contribution >= 0.6 is 27.5 Å². The normalized spacial score (nSPS) is 21.9. The minimum atomic E-state index is -0.166. The van der Waals surface area contributed by atoms with Crippen LogP contribution in [0.25, 0.3) is 0 Å². The van der Waals surface area contributed by atoms with Gasteiger partial charge in [0.15, 0.2) is 0 Å². The van der Waals surface area contributed by atoms with Gasteiger partial charge in [0, 0.05) is 18.1 Å². The second-order valence-corrected chi connectivity index (χ2v) is 6.37. The average molecular weight is 362 g/mol. The number of halogens is 2. The van der Waals surface area contributed by atoms with Gasteiger partial charge in [-0.05, 0) is 37.6 Å². The summed E-state index contributed by atoms with van der Waals surface area (Å²) >= 11 is 9.41. The van der Waals surface area contributed by atoms with Crippen LogP contribution in [0.5, 0.6) is 0 Å². The fraction of sp³-hybridized carbons (Fsp3) is 0.500. The van der Waals surface area contributed by atoms with E-state index in [0.717, 1.165) is 23.9 Å². The highest BCUT2D eigenvalue weighted by Crippen LogP contribution is 2.22. The van der Waals surface area contributed by atoms with E-state index in [1.165, 1.54) is 0 Å². The first kappa shape index (κ1) is 15.8. The maximum Gasteiger partial charge on any atom is 0.252 e. The Morgan fingerprint density at radius 1 is 1.60 bits per heavy atom. The quantitative estimate of drug-likeness (QED) is 0.847. The van der Waals surface area contributed by atoms with Crippen molar-refractivity contribution >= 4 is 33.4 Å². The smallest absolute Gasteiger partial charge is 0.252 e. The van der Waals surface area contributed by atoms with E-state index in [1.807, 2.05) is 6.07 Å². The van der Waals surface area contributed by atoms with Crippen molar-refractivity contribution < 1.29 is 9.53 Å². The van der Waals surface area contributed by atoms with E-state index in [-0.39, 0.29) is 11.4 Å². The lowest BCUT2D eigenvalue weighted by molar-refractivity contribution is 0.0892. The monoisotopic (exact) mass is 360 g/mol. The molecule has 1 saturated heterocycles. The van der Waals surface area contributed by atoms with Gasteiger partial charge in [-0.15, -0.1) is 0 Å². The molecule has 0 spiro atoms. The van der Waals surface area contributed by atoms with Gasteiger partial charge in [0.1, 0.15) is 0 Å². The van der Waals surface area contributed by atoms with E-state index in [1.54, 1.807) is 19.2 Å². The van der Waals surface area contributed by atoms with Gasteiger partial charge in [0.2, 0.25) is 0 Å². The minimum absolute atomic E-state index is 0.164. The Morgan fingerprint density at radius 2 is 2.40 bits per heavy atom. The Balaban J connectivity index is 2.02. The lowest BCUT2D eigenvalue weighted by Crippen LogP contribution is -2.53. The summed E-state index contributed by atoms with van der Waals surface area (Å²) in [7, 11) is 1.68. The molecule has 4 nitrogen and oxygen atoms in total. The topological polar surface area (TPSA) is 50.4 Å². The number of carbonyl (C=O) groups is 1. The van der Waals surface area contributed by atoms with Crippen molar-refractivity contribution in [3.05, 3.63) is 33.3 Å². The molecule has 1 aliphatic rings. The Hall–Kier alpha value is -0.620. The molecule has 1 fully saturated rings. The molecule has 0 saturated carbocycles. The van der Waals surface area contributed by atoms with Crippen molar-refractivity contribution in [1.29, 1.82) is 0 Å². The van der Waals surface area contributed by atoms with Crippen LogP contribution in [0.2, 0.25) is 5.02 Å². The fourth-order valence-electron chi connectivity index (χ4n) is 2.49. The number of ether oxygens (including phenoxy) is 1. The Bertz CT molecular complexity index is 490. The number of hydrogen-bond acceptors (Lipinski definition) is 3. The Labute approximate surface area is 132 Å². The molecule has 0 radical (unpaired) electrons. The fourth-order valence-corrected chi connectivity index (χ4v) is 3.05. The summed E-state index contributed by atoms with van der Waals surface area (Å²) in [6.45, 7) is 2.07. The summed E-state index contributed by atoms with van der Waals surface area (Å²) in [6, 6.07) is 5.24. The van der Waals surface area contributed by atoms with Crippen LogP contribution in [0.3, 0.4) is 0 Å². The van der Waals surface area contributed by atoms with Crippen molar-refractivity contribution in [2.75, 3.05) is 26.8 Å². The predicted octanol–water partition coefficient (Wildman–Crippen LogP) is 2.60. The molecule has 1 amide bonds. The third kappa shape index (κ3) is 3.73. The van der Waals surface area contributed by atoms with Crippen LogP contribution < -0.4 is 10.6 Å². The highest BCUT2D eigenvalue weighted by atomic mass is 79.9. The van der Waals surface area contributed by atoms with E-state index in [2.05, 4.69) is 26.6 Å². The molecule has 20 heavy (non-hydrogen) atoms. The van der Waals surface area contributed by atoms with E-state index >= 15 is 0 Å². The van der Waals surface area contributed by atoms with E-state index in [9.17, 15) is 4.79 Å². The number of hydrogen-bond donors (Lipinski definition) is 2. The molecule has 0 aliphatic carbocycles.